The second-order valence-corrected chi connectivity index (χ2v) is 8.71. The number of benzene rings is 2. The van der Waals surface area contributed by atoms with Crippen LogP contribution in [0.4, 0.5) is 0 Å². The van der Waals surface area contributed by atoms with Gasteiger partial charge in [-0.2, -0.15) is 0 Å². The molecular formula is C21H26N2O3S. The molecule has 2 aromatic carbocycles. The second-order valence-electron chi connectivity index (χ2n) is 7.06. The number of H-pyrrole nitrogens is 1. The molecule has 3 aromatic rings. The van der Waals surface area contributed by atoms with Gasteiger partial charge in [-0.1, -0.05) is 18.2 Å². The molecule has 0 aliphatic carbocycles. The summed E-state index contributed by atoms with van der Waals surface area (Å²) in [4.78, 5) is 3.57. The molecule has 1 heterocycles. The quantitative estimate of drug-likeness (QED) is 0.672. The predicted octanol–water partition coefficient (Wildman–Crippen LogP) is 4.01. The monoisotopic (exact) mass is 386 g/mol. The van der Waals surface area contributed by atoms with Crippen molar-refractivity contribution in [2.24, 2.45) is 0 Å². The summed E-state index contributed by atoms with van der Waals surface area (Å²) in [5.74, 6) is 0.704. The molecule has 0 saturated heterocycles. The van der Waals surface area contributed by atoms with Crippen LogP contribution in [0.3, 0.4) is 0 Å². The number of aromatic nitrogens is 1. The highest BCUT2D eigenvalue weighted by atomic mass is 32.2. The lowest BCUT2D eigenvalue weighted by Crippen LogP contribution is -2.35. The molecule has 6 heteroatoms. The third-order valence-electron chi connectivity index (χ3n) is 5.02. The number of hydrogen-bond donors (Lipinski definition) is 2. The number of fused-ring (bicyclic) bond motifs is 1. The molecule has 0 radical (unpaired) electrons. The van der Waals surface area contributed by atoms with Crippen LogP contribution in [0, 0.1) is 20.8 Å². The Kier molecular flexibility index (Phi) is 5.31. The first-order valence-corrected chi connectivity index (χ1v) is 10.4. The fraction of sp³-hybridized carbons (Fsp3) is 0.333. The first-order valence-electron chi connectivity index (χ1n) is 8.96. The van der Waals surface area contributed by atoms with Gasteiger partial charge in [-0.15, -0.1) is 0 Å². The second kappa shape index (κ2) is 7.37. The van der Waals surface area contributed by atoms with Gasteiger partial charge in [0.15, 0.2) is 0 Å². The number of rotatable bonds is 6. The molecule has 144 valence electrons. The number of hydrogen-bond acceptors (Lipinski definition) is 3. The van der Waals surface area contributed by atoms with Crippen molar-refractivity contribution >= 4 is 20.9 Å². The van der Waals surface area contributed by atoms with E-state index in [-0.39, 0.29) is 6.04 Å². The third-order valence-corrected chi connectivity index (χ3v) is 6.90. The number of methoxy groups -OCH3 is 1. The van der Waals surface area contributed by atoms with Gasteiger partial charge in [0.05, 0.1) is 12.0 Å². The minimum Gasteiger partial charge on any atom is -0.496 e. The molecule has 1 unspecified atom stereocenters. The Bertz CT molecular complexity index is 1080. The summed E-state index contributed by atoms with van der Waals surface area (Å²) in [6.07, 6.45) is 2.56. The van der Waals surface area contributed by atoms with E-state index in [4.69, 9.17) is 4.74 Å². The number of ether oxygens (including phenoxy) is 1. The molecular weight excluding hydrogens is 360 g/mol. The molecule has 1 atom stereocenters. The lowest BCUT2D eigenvalue weighted by atomic mass is 10.1. The van der Waals surface area contributed by atoms with E-state index < -0.39 is 10.0 Å². The minimum absolute atomic E-state index is 0.240. The molecule has 1 aromatic heterocycles. The summed E-state index contributed by atoms with van der Waals surface area (Å²) in [7, 11) is -2.05. The lowest BCUT2D eigenvalue weighted by Gasteiger charge is -2.19. The number of aryl methyl sites for hydroxylation is 1. The first-order chi connectivity index (χ1) is 12.7. The van der Waals surface area contributed by atoms with E-state index in [9.17, 15) is 8.42 Å². The number of nitrogens with one attached hydrogen (secondary N) is 2. The van der Waals surface area contributed by atoms with E-state index >= 15 is 0 Å². The van der Waals surface area contributed by atoms with Crippen LogP contribution in [0.5, 0.6) is 5.75 Å². The van der Waals surface area contributed by atoms with Crippen LogP contribution in [0.15, 0.2) is 41.4 Å². The molecule has 0 fully saturated rings. The number of sulfonamides is 1. The van der Waals surface area contributed by atoms with Gasteiger partial charge in [-0.05, 0) is 68.5 Å². The smallest absolute Gasteiger partial charge is 0.241 e. The Hall–Kier alpha value is -2.31. The van der Waals surface area contributed by atoms with Crippen LogP contribution >= 0.6 is 0 Å². The van der Waals surface area contributed by atoms with Crippen molar-refractivity contribution in [3.63, 3.8) is 0 Å². The summed E-state index contributed by atoms with van der Waals surface area (Å²) >= 11 is 0. The Morgan fingerprint density at radius 3 is 2.56 bits per heavy atom. The van der Waals surface area contributed by atoms with E-state index in [0.717, 1.165) is 27.6 Å². The van der Waals surface area contributed by atoms with Crippen LogP contribution in [0.25, 0.3) is 10.9 Å². The highest BCUT2D eigenvalue weighted by Crippen LogP contribution is 2.30. The van der Waals surface area contributed by atoms with Crippen molar-refractivity contribution < 1.29 is 13.2 Å². The Balaban J connectivity index is 1.87. The van der Waals surface area contributed by atoms with Crippen molar-refractivity contribution in [3.05, 3.63) is 58.8 Å². The fourth-order valence-electron chi connectivity index (χ4n) is 3.64. The van der Waals surface area contributed by atoms with Gasteiger partial charge in [0, 0.05) is 23.1 Å². The largest absolute Gasteiger partial charge is 0.496 e. The minimum atomic E-state index is -3.64. The van der Waals surface area contributed by atoms with Gasteiger partial charge < -0.3 is 9.72 Å². The maximum absolute atomic E-state index is 13.1. The van der Waals surface area contributed by atoms with Crippen LogP contribution in [0.2, 0.25) is 0 Å². The van der Waals surface area contributed by atoms with E-state index in [1.165, 1.54) is 0 Å². The average molecular weight is 387 g/mol. The van der Waals surface area contributed by atoms with Crippen LogP contribution in [-0.4, -0.2) is 26.6 Å². The standard InChI is InChI=1S/C21H26N2O3S/c1-13-10-20(26-5)15(3)16(4)21(13)27(24,25)23-14(2)11-17-12-22-19-9-7-6-8-18(17)19/h6-10,12,14,22-23H,11H2,1-5H3. The molecule has 0 aliphatic rings. The van der Waals surface area contributed by atoms with Crippen molar-refractivity contribution in [3.8, 4) is 5.75 Å². The highest BCUT2D eigenvalue weighted by molar-refractivity contribution is 7.89. The highest BCUT2D eigenvalue weighted by Gasteiger charge is 2.24. The maximum atomic E-state index is 13.1. The Labute approximate surface area is 160 Å². The van der Waals surface area contributed by atoms with E-state index in [0.29, 0.717) is 22.6 Å². The molecule has 0 spiro atoms. The Morgan fingerprint density at radius 1 is 1.15 bits per heavy atom. The molecule has 3 rings (SSSR count). The van der Waals surface area contributed by atoms with Gasteiger partial charge in [0.1, 0.15) is 5.75 Å². The zero-order chi connectivity index (χ0) is 19.8. The molecule has 0 bridgehead atoms. The van der Waals surface area contributed by atoms with E-state index in [2.05, 4.69) is 9.71 Å². The average Bonchev–Trinajstić information content (AvgIpc) is 3.00. The zero-order valence-electron chi connectivity index (χ0n) is 16.4. The SMILES string of the molecule is COc1cc(C)c(S(=O)(=O)NC(C)Cc2c[nH]c3ccccc23)c(C)c1C. The number of aromatic amines is 1. The molecule has 5 nitrogen and oxygen atoms in total. The van der Waals surface area contributed by atoms with E-state index in [1.54, 1.807) is 20.1 Å². The van der Waals surface area contributed by atoms with Gasteiger partial charge in [-0.3, -0.25) is 0 Å². The van der Waals surface area contributed by atoms with Gasteiger partial charge >= 0.3 is 0 Å². The normalized spacial score (nSPS) is 13.1. The first kappa shape index (κ1) is 19.5. The number of para-hydroxylation sites is 1. The van der Waals surface area contributed by atoms with Gasteiger partial charge in [0.2, 0.25) is 10.0 Å². The topological polar surface area (TPSA) is 71.2 Å². The molecule has 0 saturated carbocycles. The van der Waals surface area contributed by atoms with Crippen molar-refractivity contribution in [1.82, 2.24) is 9.71 Å². The predicted molar refractivity (Wildman–Crippen MR) is 109 cm³/mol. The summed E-state index contributed by atoms with van der Waals surface area (Å²) in [6, 6.07) is 9.56. The van der Waals surface area contributed by atoms with Crippen LogP contribution in [0.1, 0.15) is 29.2 Å². The van der Waals surface area contributed by atoms with Crippen LogP contribution < -0.4 is 9.46 Å². The molecule has 0 amide bonds. The summed E-state index contributed by atoms with van der Waals surface area (Å²) in [6.45, 7) is 7.39. The van der Waals surface area contributed by atoms with Crippen molar-refractivity contribution in [2.45, 2.75) is 45.1 Å². The summed E-state index contributed by atoms with van der Waals surface area (Å²) in [5, 5.41) is 1.12. The molecule has 27 heavy (non-hydrogen) atoms. The fourth-order valence-corrected chi connectivity index (χ4v) is 5.41. The lowest BCUT2D eigenvalue weighted by molar-refractivity contribution is 0.410. The third kappa shape index (κ3) is 3.73. The summed E-state index contributed by atoms with van der Waals surface area (Å²) in [5.41, 5.74) is 4.40. The van der Waals surface area contributed by atoms with Gasteiger partial charge in [-0.25, -0.2) is 13.1 Å². The van der Waals surface area contributed by atoms with Crippen molar-refractivity contribution in [2.75, 3.05) is 7.11 Å². The van der Waals surface area contributed by atoms with Crippen molar-refractivity contribution in [1.29, 1.82) is 0 Å². The van der Waals surface area contributed by atoms with Gasteiger partial charge in [0.25, 0.3) is 0 Å². The molecule has 0 aliphatic heterocycles. The van der Waals surface area contributed by atoms with Crippen LogP contribution in [-0.2, 0) is 16.4 Å². The zero-order valence-corrected chi connectivity index (χ0v) is 17.2. The summed E-state index contributed by atoms with van der Waals surface area (Å²) < 4.78 is 34.3. The molecule has 2 N–H and O–H groups in total. The Morgan fingerprint density at radius 2 is 1.85 bits per heavy atom. The maximum Gasteiger partial charge on any atom is 0.241 e. The van der Waals surface area contributed by atoms with E-state index in [1.807, 2.05) is 51.2 Å².